The second kappa shape index (κ2) is 6.05. The molecule has 0 saturated carbocycles. The number of piperidine rings is 1. The molecular weight excluding hydrogens is 284 g/mol. The molecule has 0 radical (unpaired) electrons. The maximum Gasteiger partial charge on any atom is 0.311 e. The molecule has 7 nitrogen and oxygen atoms in total. The molecule has 0 unspecified atom stereocenters. The van der Waals surface area contributed by atoms with Gasteiger partial charge in [0, 0.05) is 48.7 Å². The zero-order valence-electron chi connectivity index (χ0n) is 12.4. The van der Waals surface area contributed by atoms with E-state index >= 15 is 0 Å². The molecule has 1 N–H and O–H groups in total. The van der Waals surface area contributed by atoms with Crippen LogP contribution in [0.1, 0.15) is 24.5 Å². The van der Waals surface area contributed by atoms with Gasteiger partial charge in [-0.25, -0.2) is 0 Å². The molecule has 1 fully saturated rings. The topological polar surface area (TPSA) is 84.3 Å². The van der Waals surface area contributed by atoms with Crippen molar-refractivity contribution in [2.45, 2.75) is 18.8 Å². The highest BCUT2D eigenvalue weighted by molar-refractivity contribution is 5.59. The summed E-state index contributed by atoms with van der Waals surface area (Å²) in [7, 11) is 1.45. The number of aromatic nitrogens is 2. The minimum Gasteiger partial charge on any atom is -0.490 e. The van der Waals surface area contributed by atoms with E-state index in [1.807, 2.05) is 6.07 Å². The first-order chi connectivity index (χ1) is 10.7. The lowest BCUT2D eigenvalue weighted by Crippen LogP contribution is -2.32. The van der Waals surface area contributed by atoms with Crippen LogP contribution in [-0.4, -0.2) is 35.3 Å². The van der Waals surface area contributed by atoms with E-state index in [4.69, 9.17) is 4.74 Å². The summed E-state index contributed by atoms with van der Waals surface area (Å²) in [5.74, 6) is 0.803. The molecule has 2 heterocycles. The molecule has 2 aromatic rings. The van der Waals surface area contributed by atoms with Gasteiger partial charge in [0.2, 0.25) is 0 Å². The van der Waals surface area contributed by atoms with Gasteiger partial charge in [0.05, 0.1) is 12.0 Å². The van der Waals surface area contributed by atoms with Gasteiger partial charge in [-0.1, -0.05) is 0 Å². The van der Waals surface area contributed by atoms with Gasteiger partial charge in [0.25, 0.3) is 0 Å². The molecule has 1 aliphatic heterocycles. The van der Waals surface area contributed by atoms with Gasteiger partial charge >= 0.3 is 5.69 Å². The minimum atomic E-state index is -0.424. The Hall–Kier alpha value is -2.57. The quantitative estimate of drug-likeness (QED) is 0.693. The van der Waals surface area contributed by atoms with Crippen LogP contribution < -0.4 is 9.64 Å². The molecule has 1 aromatic carbocycles. The van der Waals surface area contributed by atoms with Crippen LogP contribution in [0.5, 0.6) is 5.75 Å². The zero-order valence-corrected chi connectivity index (χ0v) is 12.4. The monoisotopic (exact) mass is 302 g/mol. The fraction of sp³-hybridized carbons (Fsp3) is 0.400. The number of H-pyrrole nitrogens is 1. The molecule has 0 amide bonds. The third-order valence-electron chi connectivity index (χ3n) is 4.18. The number of nitro benzene ring substituents is 1. The van der Waals surface area contributed by atoms with Crippen LogP contribution in [0, 0.1) is 10.1 Å². The lowest BCUT2D eigenvalue weighted by atomic mass is 9.93. The maximum absolute atomic E-state index is 10.9. The summed E-state index contributed by atoms with van der Waals surface area (Å²) in [6.45, 7) is 1.81. The van der Waals surface area contributed by atoms with Gasteiger partial charge in [-0.3, -0.25) is 15.2 Å². The van der Waals surface area contributed by atoms with E-state index in [2.05, 4.69) is 15.1 Å². The molecule has 1 aliphatic rings. The SMILES string of the molecule is COc1cc(N2CCC(c3ccn[nH]3)CC2)ccc1[N+](=O)[O-]. The Morgan fingerprint density at radius 2 is 2.14 bits per heavy atom. The number of aromatic amines is 1. The van der Waals surface area contributed by atoms with Crippen molar-refractivity contribution >= 4 is 11.4 Å². The predicted octanol–water partition coefficient (Wildman–Crippen LogP) is 2.71. The first-order valence-corrected chi connectivity index (χ1v) is 7.25. The largest absolute Gasteiger partial charge is 0.490 e. The van der Waals surface area contributed by atoms with Crippen molar-refractivity contribution in [1.82, 2.24) is 10.2 Å². The molecule has 0 atom stereocenters. The van der Waals surface area contributed by atoms with E-state index in [9.17, 15) is 10.1 Å². The van der Waals surface area contributed by atoms with Crippen molar-refractivity contribution in [3.63, 3.8) is 0 Å². The van der Waals surface area contributed by atoms with E-state index in [0.29, 0.717) is 11.7 Å². The molecule has 1 saturated heterocycles. The zero-order chi connectivity index (χ0) is 15.5. The summed E-state index contributed by atoms with van der Waals surface area (Å²) in [4.78, 5) is 12.8. The highest BCUT2D eigenvalue weighted by Crippen LogP contribution is 2.34. The number of nitro groups is 1. The van der Waals surface area contributed by atoms with E-state index in [1.54, 1.807) is 18.3 Å². The molecule has 7 heteroatoms. The summed E-state index contributed by atoms with van der Waals surface area (Å²) in [6, 6.07) is 7.07. The summed E-state index contributed by atoms with van der Waals surface area (Å²) in [6.07, 6.45) is 3.84. The van der Waals surface area contributed by atoms with E-state index in [1.165, 1.54) is 18.9 Å². The van der Waals surface area contributed by atoms with Crippen molar-refractivity contribution in [2.75, 3.05) is 25.1 Å². The second-order valence-electron chi connectivity index (χ2n) is 5.39. The molecule has 22 heavy (non-hydrogen) atoms. The minimum absolute atomic E-state index is 0.00130. The number of benzene rings is 1. The molecule has 0 spiro atoms. The van der Waals surface area contributed by atoms with Crippen molar-refractivity contribution in [3.05, 3.63) is 46.3 Å². The average molecular weight is 302 g/mol. The number of hydrogen-bond donors (Lipinski definition) is 1. The summed E-state index contributed by atoms with van der Waals surface area (Å²) < 4.78 is 5.14. The fourth-order valence-electron chi connectivity index (χ4n) is 2.96. The fourth-order valence-corrected chi connectivity index (χ4v) is 2.96. The Morgan fingerprint density at radius 3 is 2.73 bits per heavy atom. The molecular formula is C15H18N4O3. The number of nitrogens with zero attached hydrogens (tertiary/aromatic N) is 3. The van der Waals surface area contributed by atoms with Crippen molar-refractivity contribution in [3.8, 4) is 5.75 Å². The Labute approximate surface area is 128 Å². The molecule has 3 rings (SSSR count). The Bertz CT molecular complexity index is 649. The standard InChI is InChI=1S/C15H18N4O3/c1-22-15-10-12(2-3-14(15)19(20)21)18-8-5-11(6-9-18)13-4-7-16-17-13/h2-4,7,10-11H,5-6,8-9H2,1H3,(H,16,17). The number of methoxy groups -OCH3 is 1. The summed E-state index contributed by atoms with van der Waals surface area (Å²) in [5, 5.41) is 18.0. The van der Waals surface area contributed by atoms with E-state index in [0.717, 1.165) is 31.6 Å². The Balaban J connectivity index is 1.72. The lowest BCUT2D eigenvalue weighted by Gasteiger charge is -2.33. The van der Waals surface area contributed by atoms with Crippen LogP contribution in [0.2, 0.25) is 0 Å². The Kier molecular flexibility index (Phi) is 3.95. The second-order valence-corrected chi connectivity index (χ2v) is 5.39. The summed E-state index contributed by atoms with van der Waals surface area (Å²) in [5.41, 5.74) is 2.14. The van der Waals surface area contributed by atoms with Crippen LogP contribution in [0.4, 0.5) is 11.4 Å². The number of rotatable bonds is 4. The number of nitrogens with one attached hydrogen (secondary N) is 1. The molecule has 0 bridgehead atoms. The van der Waals surface area contributed by atoms with Gasteiger partial charge in [-0.15, -0.1) is 0 Å². The van der Waals surface area contributed by atoms with Gasteiger partial charge in [0.15, 0.2) is 5.75 Å². The van der Waals surface area contributed by atoms with Gasteiger partial charge in [0.1, 0.15) is 0 Å². The maximum atomic E-state index is 10.9. The van der Waals surface area contributed by atoms with Gasteiger partial charge < -0.3 is 9.64 Å². The van der Waals surface area contributed by atoms with Crippen LogP contribution >= 0.6 is 0 Å². The van der Waals surface area contributed by atoms with Crippen molar-refractivity contribution < 1.29 is 9.66 Å². The molecule has 0 aliphatic carbocycles. The van der Waals surface area contributed by atoms with Crippen LogP contribution in [0.15, 0.2) is 30.5 Å². The third kappa shape index (κ3) is 2.74. The molecule has 116 valence electrons. The van der Waals surface area contributed by atoms with Crippen molar-refractivity contribution in [2.24, 2.45) is 0 Å². The number of anilines is 1. The lowest BCUT2D eigenvalue weighted by molar-refractivity contribution is -0.385. The Morgan fingerprint density at radius 1 is 1.36 bits per heavy atom. The first kappa shape index (κ1) is 14.4. The molecule has 1 aromatic heterocycles. The first-order valence-electron chi connectivity index (χ1n) is 7.25. The third-order valence-corrected chi connectivity index (χ3v) is 4.18. The number of ether oxygens (including phenoxy) is 1. The smallest absolute Gasteiger partial charge is 0.311 e. The van der Waals surface area contributed by atoms with Crippen LogP contribution in [0.3, 0.4) is 0 Å². The van der Waals surface area contributed by atoms with Crippen LogP contribution in [0.25, 0.3) is 0 Å². The van der Waals surface area contributed by atoms with Gasteiger partial charge in [-0.05, 0) is 25.0 Å². The van der Waals surface area contributed by atoms with E-state index < -0.39 is 4.92 Å². The van der Waals surface area contributed by atoms with Crippen LogP contribution in [-0.2, 0) is 0 Å². The highest BCUT2D eigenvalue weighted by Gasteiger charge is 2.23. The number of hydrogen-bond acceptors (Lipinski definition) is 5. The average Bonchev–Trinajstić information content (AvgIpc) is 3.08. The summed E-state index contributed by atoms with van der Waals surface area (Å²) >= 11 is 0. The van der Waals surface area contributed by atoms with E-state index in [-0.39, 0.29) is 5.69 Å². The van der Waals surface area contributed by atoms with Gasteiger partial charge in [-0.2, -0.15) is 5.10 Å². The normalized spacial score (nSPS) is 15.8. The highest BCUT2D eigenvalue weighted by atomic mass is 16.6. The van der Waals surface area contributed by atoms with Crippen molar-refractivity contribution in [1.29, 1.82) is 0 Å². The predicted molar refractivity (Wildman–Crippen MR) is 82.4 cm³/mol.